The smallest absolute Gasteiger partial charge is 0.257 e. The number of furan rings is 1. The zero-order valence-electron chi connectivity index (χ0n) is 13.6. The fourth-order valence-corrected chi connectivity index (χ4v) is 3.46. The van der Waals surface area contributed by atoms with Crippen LogP contribution < -0.4 is 10.0 Å². The molecular formula is C17H13Cl2N3O4S. The SMILES string of the molecule is O=C(Nc1cccc(S(=O)(=O)NCc2ccco2)c1)c1cnc(Cl)c(Cl)c1. The number of halogens is 2. The number of benzene rings is 1. The fourth-order valence-electron chi connectivity index (χ4n) is 2.15. The largest absolute Gasteiger partial charge is 0.468 e. The van der Waals surface area contributed by atoms with E-state index in [1.54, 1.807) is 18.2 Å². The molecule has 2 N–H and O–H groups in total. The van der Waals surface area contributed by atoms with E-state index in [9.17, 15) is 13.2 Å². The van der Waals surface area contributed by atoms with Crippen molar-refractivity contribution in [2.24, 2.45) is 0 Å². The first-order chi connectivity index (χ1) is 12.8. The summed E-state index contributed by atoms with van der Waals surface area (Å²) in [5.41, 5.74) is 0.487. The molecule has 3 aromatic rings. The van der Waals surface area contributed by atoms with Crippen LogP contribution in [0.1, 0.15) is 16.1 Å². The van der Waals surface area contributed by atoms with E-state index in [-0.39, 0.29) is 27.2 Å². The Morgan fingerprint density at radius 3 is 2.67 bits per heavy atom. The van der Waals surface area contributed by atoms with Gasteiger partial charge in [-0.3, -0.25) is 4.79 Å². The van der Waals surface area contributed by atoms with Gasteiger partial charge in [0.1, 0.15) is 10.9 Å². The van der Waals surface area contributed by atoms with Gasteiger partial charge in [-0.25, -0.2) is 18.1 Å². The summed E-state index contributed by atoms with van der Waals surface area (Å²) in [4.78, 5) is 16.1. The first-order valence-corrected chi connectivity index (χ1v) is 9.83. The highest BCUT2D eigenvalue weighted by atomic mass is 35.5. The number of rotatable bonds is 6. The van der Waals surface area contributed by atoms with E-state index in [0.717, 1.165) is 0 Å². The highest BCUT2D eigenvalue weighted by Gasteiger charge is 2.16. The molecule has 0 saturated carbocycles. The van der Waals surface area contributed by atoms with E-state index >= 15 is 0 Å². The quantitative estimate of drug-likeness (QED) is 0.586. The Labute approximate surface area is 165 Å². The van der Waals surface area contributed by atoms with E-state index in [4.69, 9.17) is 27.6 Å². The third-order valence-corrected chi connectivity index (χ3v) is 5.56. The normalized spacial score (nSPS) is 11.3. The lowest BCUT2D eigenvalue weighted by molar-refractivity contribution is 0.102. The molecule has 0 aliphatic rings. The van der Waals surface area contributed by atoms with Crippen molar-refractivity contribution in [2.75, 3.05) is 5.32 Å². The van der Waals surface area contributed by atoms with E-state index in [0.29, 0.717) is 11.4 Å². The molecule has 3 rings (SSSR count). The molecule has 0 fully saturated rings. The highest BCUT2D eigenvalue weighted by molar-refractivity contribution is 7.89. The van der Waals surface area contributed by atoms with Gasteiger partial charge in [-0.1, -0.05) is 29.3 Å². The second kappa shape index (κ2) is 8.10. The lowest BCUT2D eigenvalue weighted by Gasteiger charge is -2.09. The number of amides is 1. The van der Waals surface area contributed by atoms with Crippen LogP contribution >= 0.6 is 23.2 Å². The summed E-state index contributed by atoms with van der Waals surface area (Å²) in [5, 5.41) is 2.82. The van der Waals surface area contributed by atoms with Crippen LogP contribution in [0.3, 0.4) is 0 Å². The van der Waals surface area contributed by atoms with Crippen molar-refractivity contribution in [1.29, 1.82) is 0 Å². The molecule has 0 bridgehead atoms. The Kier molecular flexibility index (Phi) is 5.81. The molecule has 0 aliphatic carbocycles. The molecule has 1 amide bonds. The Bertz CT molecular complexity index is 1070. The molecule has 0 spiro atoms. The molecule has 27 heavy (non-hydrogen) atoms. The molecule has 140 valence electrons. The minimum atomic E-state index is -3.78. The van der Waals surface area contributed by atoms with Crippen molar-refractivity contribution in [3.63, 3.8) is 0 Å². The summed E-state index contributed by atoms with van der Waals surface area (Å²) >= 11 is 11.6. The molecule has 2 heterocycles. The van der Waals surface area contributed by atoms with Crippen LogP contribution in [0.15, 0.2) is 64.2 Å². The Hall–Kier alpha value is -2.39. The van der Waals surface area contributed by atoms with Crippen LogP contribution in [0.2, 0.25) is 10.2 Å². The second-order valence-corrected chi connectivity index (χ2v) is 7.91. The molecule has 1 aromatic carbocycles. The van der Waals surface area contributed by atoms with Crippen molar-refractivity contribution in [3.8, 4) is 0 Å². The molecule has 0 aliphatic heterocycles. The minimum absolute atomic E-state index is 0.000815. The average Bonchev–Trinajstić information content (AvgIpc) is 3.16. The van der Waals surface area contributed by atoms with Gasteiger partial charge < -0.3 is 9.73 Å². The van der Waals surface area contributed by atoms with Crippen LogP contribution in [0.25, 0.3) is 0 Å². The standard InChI is InChI=1S/C17H13Cl2N3O4S/c18-15-7-11(9-20-16(15)19)17(23)22-12-3-1-5-14(8-12)27(24,25)21-10-13-4-2-6-26-13/h1-9,21H,10H2,(H,22,23). The zero-order chi connectivity index (χ0) is 19.4. The van der Waals surface area contributed by atoms with E-state index < -0.39 is 15.9 Å². The average molecular weight is 426 g/mol. The van der Waals surface area contributed by atoms with Crippen LogP contribution in [0.4, 0.5) is 5.69 Å². The van der Waals surface area contributed by atoms with Crippen LogP contribution in [0.5, 0.6) is 0 Å². The molecule has 0 unspecified atom stereocenters. The maximum atomic E-state index is 12.4. The number of hydrogen-bond acceptors (Lipinski definition) is 5. The summed E-state index contributed by atoms with van der Waals surface area (Å²) in [6, 6.07) is 10.5. The third-order valence-electron chi connectivity index (χ3n) is 3.48. The predicted octanol–water partition coefficient (Wildman–Crippen LogP) is 3.71. The van der Waals surface area contributed by atoms with Gasteiger partial charge in [0.25, 0.3) is 5.91 Å². The first kappa shape index (κ1) is 19.4. The molecule has 0 atom stereocenters. The molecular weight excluding hydrogens is 413 g/mol. The predicted molar refractivity (Wildman–Crippen MR) is 101 cm³/mol. The number of aromatic nitrogens is 1. The number of anilines is 1. The lowest BCUT2D eigenvalue weighted by Crippen LogP contribution is -2.23. The molecule has 7 nitrogen and oxygen atoms in total. The number of hydrogen-bond donors (Lipinski definition) is 2. The maximum absolute atomic E-state index is 12.4. The summed E-state index contributed by atoms with van der Waals surface area (Å²) in [6.07, 6.45) is 2.73. The molecule has 0 radical (unpaired) electrons. The summed E-state index contributed by atoms with van der Waals surface area (Å²) < 4.78 is 32.3. The topological polar surface area (TPSA) is 101 Å². The van der Waals surface area contributed by atoms with Crippen molar-refractivity contribution >= 4 is 44.8 Å². The van der Waals surface area contributed by atoms with E-state index in [2.05, 4.69) is 15.0 Å². The van der Waals surface area contributed by atoms with Gasteiger partial charge in [-0.15, -0.1) is 0 Å². The maximum Gasteiger partial charge on any atom is 0.257 e. The lowest BCUT2D eigenvalue weighted by atomic mass is 10.2. The van der Waals surface area contributed by atoms with E-state index in [1.807, 2.05) is 0 Å². The van der Waals surface area contributed by atoms with Gasteiger partial charge in [-0.2, -0.15) is 0 Å². The van der Waals surface area contributed by atoms with Crippen LogP contribution in [-0.2, 0) is 16.6 Å². The molecule has 2 aromatic heterocycles. The van der Waals surface area contributed by atoms with Gasteiger partial charge in [0, 0.05) is 11.9 Å². The number of nitrogens with one attached hydrogen (secondary N) is 2. The highest BCUT2D eigenvalue weighted by Crippen LogP contribution is 2.21. The third kappa shape index (κ3) is 4.86. The van der Waals surface area contributed by atoms with Crippen molar-refractivity contribution < 1.29 is 17.6 Å². The Morgan fingerprint density at radius 1 is 1.15 bits per heavy atom. The number of carbonyl (C=O) groups is 1. The van der Waals surface area contributed by atoms with Gasteiger partial charge in [0.15, 0.2) is 0 Å². The summed E-state index contributed by atoms with van der Waals surface area (Å²) in [6.45, 7) is 0.0147. The minimum Gasteiger partial charge on any atom is -0.468 e. The Morgan fingerprint density at radius 2 is 1.96 bits per heavy atom. The first-order valence-electron chi connectivity index (χ1n) is 7.60. The number of pyridine rings is 1. The number of carbonyl (C=O) groups excluding carboxylic acids is 1. The van der Waals surface area contributed by atoms with Gasteiger partial charge >= 0.3 is 0 Å². The Balaban J connectivity index is 1.74. The van der Waals surface area contributed by atoms with Crippen molar-refractivity contribution in [1.82, 2.24) is 9.71 Å². The van der Waals surface area contributed by atoms with Gasteiger partial charge in [0.05, 0.1) is 28.3 Å². The number of sulfonamides is 1. The number of nitrogens with zero attached hydrogens (tertiary/aromatic N) is 1. The van der Waals surface area contributed by atoms with Crippen LogP contribution in [-0.4, -0.2) is 19.3 Å². The zero-order valence-corrected chi connectivity index (χ0v) is 16.0. The summed E-state index contributed by atoms with van der Waals surface area (Å²) in [7, 11) is -3.78. The van der Waals surface area contributed by atoms with Crippen molar-refractivity contribution in [2.45, 2.75) is 11.4 Å². The monoisotopic (exact) mass is 425 g/mol. The molecule has 10 heteroatoms. The fraction of sp³-hybridized carbons (Fsp3) is 0.0588. The second-order valence-electron chi connectivity index (χ2n) is 5.38. The van der Waals surface area contributed by atoms with E-state index in [1.165, 1.54) is 36.7 Å². The van der Waals surface area contributed by atoms with Gasteiger partial charge in [0.2, 0.25) is 10.0 Å². The summed E-state index contributed by atoms with van der Waals surface area (Å²) in [5.74, 6) is -0.0192. The van der Waals surface area contributed by atoms with Crippen molar-refractivity contribution in [3.05, 3.63) is 76.4 Å². The van der Waals surface area contributed by atoms with Gasteiger partial charge in [-0.05, 0) is 36.4 Å². The molecule has 0 saturated heterocycles. The van der Waals surface area contributed by atoms with Crippen LogP contribution in [0, 0.1) is 0 Å².